The molecule has 8 heteroatoms. The van der Waals surface area contributed by atoms with E-state index < -0.39 is 11.7 Å². The first kappa shape index (κ1) is 39.0. The molecule has 0 aliphatic heterocycles. The zero-order valence-corrected chi connectivity index (χ0v) is 31.4. The number of nitrogens with zero attached hydrogens (tertiary/aromatic N) is 2. The number of carbonyl (C=O) groups is 1. The first-order chi connectivity index (χ1) is 24.4. The Morgan fingerprint density at radius 3 is 2.22 bits per heavy atom. The lowest BCUT2D eigenvalue weighted by molar-refractivity contribution is 0.102. The molecule has 0 aliphatic carbocycles. The van der Waals surface area contributed by atoms with Gasteiger partial charge < -0.3 is 29.7 Å². The third-order valence-electron chi connectivity index (χ3n) is 9.06. The van der Waals surface area contributed by atoms with Gasteiger partial charge in [0.05, 0.1) is 5.56 Å². The fourth-order valence-electron chi connectivity index (χ4n) is 6.43. The van der Waals surface area contributed by atoms with Crippen molar-refractivity contribution < 1.29 is 24.1 Å². The third kappa shape index (κ3) is 9.91. The molecule has 0 saturated heterocycles. The number of ether oxygens (including phenoxy) is 1. The summed E-state index contributed by atoms with van der Waals surface area (Å²) in [5.74, 6) is 1.02. The van der Waals surface area contributed by atoms with Crippen molar-refractivity contribution in [1.82, 2.24) is 9.47 Å². The second-order valence-electron chi connectivity index (χ2n) is 13.6. The number of aromatic nitrogens is 1. The summed E-state index contributed by atoms with van der Waals surface area (Å²) in [4.78, 5) is 15.8. The average molecular weight is 696 g/mol. The molecule has 5 rings (SSSR count). The fraction of sp³-hybridized carbons (Fsp3) is 0.372. The summed E-state index contributed by atoms with van der Waals surface area (Å²) in [6, 6.07) is 21.1. The van der Waals surface area contributed by atoms with Crippen molar-refractivity contribution in [1.29, 1.82) is 0 Å². The predicted molar refractivity (Wildman–Crippen MR) is 208 cm³/mol. The van der Waals surface area contributed by atoms with E-state index in [0.29, 0.717) is 34.5 Å². The van der Waals surface area contributed by atoms with Gasteiger partial charge in [-0.25, -0.2) is 4.39 Å². The van der Waals surface area contributed by atoms with E-state index >= 15 is 0 Å². The van der Waals surface area contributed by atoms with Crippen molar-refractivity contribution >= 4 is 22.5 Å². The SMILES string of the molecule is CC.CCCN(CCC(C)C)CC(C)Cn1c(C)c(C)c2cc(Oc3cccc(C(=O)Nc4cc(O)c(-c5ccc(F)cc5)c(O)c4)c3)ccc21. The Kier molecular flexibility index (Phi) is 13.7. The maximum absolute atomic E-state index is 13.4. The first-order valence-electron chi connectivity index (χ1n) is 18.2. The number of anilines is 1. The van der Waals surface area contributed by atoms with E-state index in [1.807, 2.05) is 19.9 Å². The molecule has 0 aliphatic rings. The second-order valence-corrected chi connectivity index (χ2v) is 13.6. The van der Waals surface area contributed by atoms with E-state index in [9.17, 15) is 19.4 Å². The van der Waals surface area contributed by atoms with E-state index in [2.05, 4.69) is 68.5 Å². The quantitative estimate of drug-likeness (QED) is 0.108. The Labute approximate surface area is 302 Å². The van der Waals surface area contributed by atoms with E-state index in [1.54, 1.807) is 24.3 Å². The average Bonchev–Trinajstić information content (AvgIpc) is 3.32. The molecule has 0 saturated carbocycles. The van der Waals surface area contributed by atoms with Gasteiger partial charge in [0.2, 0.25) is 0 Å². The van der Waals surface area contributed by atoms with E-state index in [0.717, 1.165) is 38.0 Å². The molecular formula is C43H54FN3O4. The maximum Gasteiger partial charge on any atom is 0.255 e. The van der Waals surface area contributed by atoms with Crippen LogP contribution in [0.1, 0.15) is 76.0 Å². The number of nitrogens with one attached hydrogen (secondary N) is 1. The molecule has 5 aromatic rings. The van der Waals surface area contributed by atoms with Gasteiger partial charge in [0.1, 0.15) is 28.8 Å². The lowest BCUT2D eigenvalue weighted by Crippen LogP contribution is -2.32. The number of hydrogen-bond donors (Lipinski definition) is 3. The van der Waals surface area contributed by atoms with Crippen LogP contribution in [0.25, 0.3) is 22.0 Å². The van der Waals surface area contributed by atoms with Crippen LogP contribution >= 0.6 is 0 Å². The standard InChI is InChI=1S/C41H48FN3O4.C2H6/c1-7-18-44(19-17-26(2)3)24-27(4)25-45-29(6)28(5)36-23-35(15-16-37(36)45)49-34-10-8-9-31(20-34)41(48)43-33-21-38(46)40(39(47)22-33)30-11-13-32(42)14-12-30;1-2/h8-16,20-23,26-27,46-47H,7,17-19,24-25H2,1-6H3,(H,43,48);1-2H3. The first-order valence-corrected chi connectivity index (χ1v) is 18.2. The van der Waals surface area contributed by atoms with Crippen molar-refractivity contribution in [2.45, 2.75) is 74.8 Å². The summed E-state index contributed by atoms with van der Waals surface area (Å²) in [6.45, 7) is 21.8. The minimum absolute atomic E-state index is 0.149. The molecule has 51 heavy (non-hydrogen) atoms. The number of phenolic OH excluding ortho intramolecular Hbond substituents is 2. The van der Waals surface area contributed by atoms with E-state index in [4.69, 9.17) is 4.74 Å². The van der Waals surface area contributed by atoms with Gasteiger partial charge >= 0.3 is 0 Å². The molecule has 4 aromatic carbocycles. The highest BCUT2D eigenvalue weighted by Gasteiger charge is 2.18. The van der Waals surface area contributed by atoms with Crippen LogP contribution in [-0.2, 0) is 6.54 Å². The summed E-state index contributed by atoms with van der Waals surface area (Å²) in [6.07, 6.45) is 2.38. The molecule has 1 unspecified atom stereocenters. The molecule has 0 radical (unpaired) electrons. The molecule has 3 N–H and O–H groups in total. The minimum Gasteiger partial charge on any atom is -0.507 e. The molecule has 0 fully saturated rings. The number of benzene rings is 4. The van der Waals surface area contributed by atoms with Crippen LogP contribution in [0.3, 0.4) is 0 Å². The van der Waals surface area contributed by atoms with Crippen molar-refractivity contribution in [3.05, 3.63) is 102 Å². The molecule has 1 aromatic heterocycles. The number of halogens is 1. The summed E-state index contributed by atoms with van der Waals surface area (Å²) >= 11 is 0. The lowest BCUT2D eigenvalue weighted by atomic mass is 10.0. The summed E-state index contributed by atoms with van der Waals surface area (Å²) in [5.41, 5.74) is 4.81. The van der Waals surface area contributed by atoms with Gasteiger partial charge in [-0.3, -0.25) is 4.79 Å². The molecule has 272 valence electrons. The van der Waals surface area contributed by atoms with Gasteiger partial charge in [-0.05, 0) is 111 Å². The van der Waals surface area contributed by atoms with Crippen LogP contribution < -0.4 is 10.1 Å². The monoisotopic (exact) mass is 695 g/mol. The topological polar surface area (TPSA) is 87.0 Å². The fourth-order valence-corrected chi connectivity index (χ4v) is 6.43. The maximum atomic E-state index is 13.4. The van der Waals surface area contributed by atoms with Crippen molar-refractivity contribution in [3.63, 3.8) is 0 Å². The van der Waals surface area contributed by atoms with Crippen molar-refractivity contribution in [2.75, 3.05) is 25.0 Å². The normalized spacial score (nSPS) is 11.8. The number of phenols is 2. The highest BCUT2D eigenvalue weighted by molar-refractivity contribution is 6.05. The largest absolute Gasteiger partial charge is 0.507 e. The van der Waals surface area contributed by atoms with Gasteiger partial charge in [0, 0.05) is 53.1 Å². The van der Waals surface area contributed by atoms with Crippen LogP contribution in [0.5, 0.6) is 23.0 Å². The van der Waals surface area contributed by atoms with Crippen LogP contribution in [0, 0.1) is 31.5 Å². The molecule has 0 bridgehead atoms. The molecule has 0 spiro atoms. The van der Waals surface area contributed by atoms with Crippen LogP contribution in [0.2, 0.25) is 0 Å². The highest BCUT2D eigenvalue weighted by Crippen LogP contribution is 2.40. The molecular weight excluding hydrogens is 641 g/mol. The van der Waals surface area contributed by atoms with Gasteiger partial charge in [-0.15, -0.1) is 0 Å². The molecule has 1 amide bonds. The van der Waals surface area contributed by atoms with Gasteiger partial charge in [-0.1, -0.05) is 59.7 Å². The lowest BCUT2D eigenvalue weighted by Gasteiger charge is -2.27. The van der Waals surface area contributed by atoms with Gasteiger partial charge in [-0.2, -0.15) is 0 Å². The number of amides is 1. The number of aryl methyl sites for hydroxylation is 1. The summed E-state index contributed by atoms with van der Waals surface area (Å²) in [5, 5.41) is 25.1. The minimum atomic E-state index is -0.436. The predicted octanol–water partition coefficient (Wildman–Crippen LogP) is 10.9. The van der Waals surface area contributed by atoms with Crippen molar-refractivity contribution in [2.24, 2.45) is 11.8 Å². The second kappa shape index (κ2) is 17.9. The Hall–Kier alpha value is -4.82. The van der Waals surface area contributed by atoms with E-state index in [-0.39, 0.29) is 22.7 Å². The molecule has 1 atom stereocenters. The zero-order valence-electron chi connectivity index (χ0n) is 31.4. The Balaban J connectivity index is 0.00000286. The van der Waals surface area contributed by atoms with Crippen molar-refractivity contribution in [3.8, 4) is 34.1 Å². The summed E-state index contributed by atoms with van der Waals surface area (Å²) < 4.78 is 22.0. The molecule has 1 heterocycles. The van der Waals surface area contributed by atoms with Crippen LogP contribution in [-0.4, -0.2) is 45.2 Å². The number of hydrogen-bond acceptors (Lipinski definition) is 5. The zero-order chi connectivity index (χ0) is 37.2. The smallest absolute Gasteiger partial charge is 0.255 e. The number of carbonyl (C=O) groups excluding carboxylic acids is 1. The van der Waals surface area contributed by atoms with Crippen LogP contribution in [0.15, 0.2) is 78.9 Å². The van der Waals surface area contributed by atoms with Crippen LogP contribution in [0.4, 0.5) is 10.1 Å². The van der Waals surface area contributed by atoms with Gasteiger partial charge in [0.15, 0.2) is 0 Å². The van der Waals surface area contributed by atoms with Gasteiger partial charge in [0.25, 0.3) is 5.91 Å². The Morgan fingerprint density at radius 2 is 1.57 bits per heavy atom. The number of rotatable bonds is 14. The summed E-state index contributed by atoms with van der Waals surface area (Å²) in [7, 11) is 0. The third-order valence-corrected chi connectivity index (χ3v) is 9.06. The number of aromatic hydroxyl groups is 2. The molecule has 7 nitrogen and oxygen atoms in total. The Bertz CT molecular complexity index is 1890. The Morgan fingerprint density at radius 1 is 0.902 bits per heavy atom. The highest BCUT2D eigenvalue weighted by atomic mass is 19.1. The van der Waals surface area contributed by atoms with E-state index in [1.165, 1.54) is 59.6 Å². The number of fused-ring (bicyclic) bond motifs is 1.